The highest BCUT2D eigenvalue weighted by molar-refractivity contribution is 8.00. The number of halogens is 1. The first-order chi connectivity index (χ1) is 16.6. The first-order valence-corrected chi connectivity index (χ1v) is 11.9. The van der Waals surface area contributed by atoms with Crippen molar-refractivity contribution in [2.75, 3.05) is 11.1 Å². The molecule has 1 N–H and O–H groups in total. The minimum Gasteiger partial charge on any atom is -0.309 e. The molecular weight excluding hydrogens is 471 g/mol. The van der Waals surface area contributed by atoms with E-state index in [0.29, 0.717) is 10.8 Å². The highest BCUT2D eigenvalue weighted by Crippen LogP contribution is 2.38. The fourth-order valence-corrected chi connectivity index (χ4v) is 5.21. The number of thioether (sulfide) groups is 1. The number of nitrogens with zero attached hydrogens (tertiary/aromatic N) is 5. The van der Waals surface area contributed by atoms with Crippen LogP contribution >= 0.6 is 23.1 Å². The third-order valence-electron chi connectivity index (χ3n) is 4.98. The minimum atomic E-state index is -0.308. The second kappa shape index (κ2) is 9.43. The van der Waals surface area contributed by atoms with Crippen molar-refractivity contribution in [3.63, 3.8) is 0 Å². The molecule has 0 saturated heterocycles. The van der Waals surface area contributed by atoms with Crippen LogP contribution in [0.2, 0.25) is 0 Å². The molecule has 0 atom stereocenters. The maximum absolute atomic E-state index is 13.4. The number of nitriles is 1. The Morgan fingerprint density at radius 2 is 1.94 bits per heavy atom. The lowest BCUT2D eigenvalue weighted by Gasteiger charge is -2.10. The van der Waals surface area contributed by atoms with Crippen LogP contribution in [-0.2, 0) is 4.79 Å². The van der Waals surface area contributed by atoms with Crippen LogP contribution in [0.4, 0.5) is 10.2 Å². The maximum atomic E-state index is 13.4. The molecule has 0 bridgehead atoms. The molecule has 0 saturated carbocycles. The van der Waals surface area contributed by atoms with E-state index in [-0.39, 0.29) is 23.0 Å². The van der Waals surface area contributed by atoms with Crippen LogP contribution in [0.1, 0.15) is 5.56 Å². The van der Waals surface area contributed by atoms with Gasteiger partial charge in [0.05, 0.1) is 23.0 Å². The number of carbonyl (C=O) groups excluding carboxylic acids is 1. The number of thiophene rings is 1. The van der Waals surface area contributed by atoms with Gasteiger partial charge >= 0.3 is 0 Å². The Balaban J connectivity index is 1.39. The number of anilines is 1. The number of fused-ring (bicyclic) bond motifs is 1. The molecule has 0 aliphatic carbocycles. The monoisotopic (exact) mass is 486 g/mol. The maximum Gasteiger partial charge on any atom is 0.235 e. The van der Waals surface area contributed by atoms with E-state index in [1.54, 1.807) is 12.1 Å². The predicted octanol–water partition coefficient (Wildman–Crippen LogP) is 5.29. The van der Waals surface area contributed by atoms with Crippen molar-refractivity contribution in [2.24, 2.45) is 0 Å². The van der Waals surface area contributed by atoms with E-state index in [2.05, 4.69) is 26.5 Å². The first kappa shape index (κ1) is 21.8. The van der Waals surface area contributed by atoms with Gasteiger partial charge in [-0.2, -0.15) is 10.4 Å². The second-order valence-electron chi connectivity index (χ2n) is 7.12. The molecule has 0 spiro atoms. The molecule has 0 aliphatic heterocycles. The smallest absolute Gasteiger partial charge is 0.235 e. The van der Waals surface area contributed by atoms with Crippen LogP contribution in [0, 0.1) is 17.1 Å². The van der Waals surface area contributed by atoms with Gasteiger partial charge in [0.15, 0.2) is 5.82 Å². The zero-order chi connectivity index (χ0) is 23.5. The molecule has 7 nitrogen and oxygen atoms in total. The van der Waals surface area contributed by atoms with Crippen LogP contribution in [0.5, 0.6) is 0 Å². The topological polar surface area (TPSA) is 96.5 Å². The van der Waals surface area contributed by atoms with Crippen LogP contribution < -0.4 is 5.32 Å². The summed E-state index contributed by atoms with van der Waals surface area (Å²) in [6, 6.07) is 17.5. The predicted molar refractivity (Wildman–Crippen MR) is 130 cm³/mol. The van der Waals surface area contributed by atoms with E-state index in [4.69, 9.17) is 0 Å². The fraction of sp³-hybridized carbons (Fsp3) is 0.0417. The van der Waals surface area contributed by atoms with Crippen LogP contribution in [0.15, 0.2) is 77.5 Å². The summed E-state index contributed by atoms with van der Waals surface area (Å²) in [6.45, 7) is 0. The van der Waals surface area contributed by atoms with Gasteiger partial charge < -0.3 is 5.32 Å². The molecule has 34 heavy (non-hydrogen) atoms. The molecule has 3 aromatic heterocycles. The summed E-state index contributed by atoms with van der Waals surface area (Å²) >= 11 is 2.73. The van der Waals surface area contributed by atoms with Crippen molar-refractivity contribution in [3.8, 4) is 22.9 Å². The second-order valence-corrected chi connectivity index (χ2v) is 8.94. The normalized spacial score (nSPS) is 10.8. The van der Waals surface area contributed by atoms with Gasteiger partial charge in [-0.1, -0.05) is 42.1 Å². The van der Waals surface area contributed by atoms with Crippen LogP contribution in [0.3, 0.4) is 0 Å². The van der Waals surface area contributed by atoms with E-state index in [9.17, 15) is 14.4 Å². The summed E-state index contributed by atoms with van der Waals surface area (Å²) in [6.07, 6.45) is 2.88. The van der Waals surface area contributed by atoms with Gasteiger partial charge in [-0.3, -0.25) is 4.79 Å². The molecule has 0 radical (unpaired) electrons. The molecular formula is C24H15FN6OS2. The third kappa shape index (κ3) is 4.26. The minimum absolute atomic E-state index is 0.0651. The van der Waals surface area contributed by atoms with E-state index < -0.39 is 0 Å². The van der Waals surface area contributed by atoms with Gasteiger partial charge in [0, 0.05) is 10.9 Å². The summed E-state index contributed by atoms with van der Waals surface area (Å²) in [5.41, 5.74) is 2.73. The van der Waals surface area contributed by atoms with E-state index in [1.165, 1.54) is 52.4 Å². The number of amides is 1. The molecule has 1 amide bonds. The number of para-hydroxylation sites is 1. The van der Waals surface area contributed by atoms with Gasteiger partial charge in [0.25, 0.3) is 0 Å². The average molecular weight is 487 g/mol. The Hall–Kier alpha value is -4.07. The van der Waals surface area contributed by atoms with Gasteiger partial charge in [-0.25, -0.2) is 19.0 Å². The Kier molecular flexibility index (Phi) is 6.03. The van der Waals surface area contributed by atoms with Gasteiger partial charge in [-0.15, -0.1) is 11.3 Å². The molecule has 5 aromatic rings. The summed E-state index contributed by atoms with van der Waals surface area (Å²) < 4.78 is 14.9. The van der Waals surface area contributed by atoms with Gasteiger partial charge in [-0.05, 0) is 29.8 Å². The van der Waals surface area contributed by atoms with Crippen molar-refractivity contribution in [1.29, 1.82) is 5.26 Å². The highest BCUT2D eigenvalue weighted by Gasteiger charge is 2.18. The summed E-state index contributed by atoms with van der Waals surface area (Å²) in [7, 11) is 0. The summed E-state index contributed by atoms with van der Waals surface area (Å²) in [4.78, 5) is 22.3. The number of rotatable bonds is 6. The molecule has 0 unspecified atom stereocenters. The number of nitrogens with one attached hydrogen (secondary N) is 1. The Labute approximate surface area is 201 Å². The Morgan fingerprint density at radius 1 is 1.15 bits per heavy atom. The Bertz CT molecular complexity index is 1520. The lowest BCUT2D eigenvalue weighted by atomic mass is 10.1. The number of aromatic nitrogens is 4. The quantitative estimate of drug-likeness (QED) is 0.259. The SMILES string of the molecule is N#Cc1cnn(-c2ccccc2)c1NC(=O)CSc1ncnc2scc(-c3ccc(F)cc3)c12. The van der Waals surface area contributed by atoms with E-state index >= 15 is 0 Å². The van der Waals surface area contributed by atoms with Crippen molar-refractivity contribution < 1.29 is 9.18 Å². The van der Waals surface area contributed by atoms with Crippen molar-refractivity contribution in [2.45, 2.75) is 5.03 Å². The van der Waals surface area contributed by atoms with Crippen molar-refractivity contribution in [1.82, 2.24) is 19.7 Å². The fourth-order valence-electron chi connectivity index (χ4n) is 3.42. The highest BCUT2D eigenvalue weighted by atomic mass is 32.2. The average Bonchev–Trinajstić information content (AvgIpc) is 3.48. The zero-order valence-corrected chi connectivity index (χ0v) is 19.1. The third-order valence-corrected chi connectivity index (χ3v) is 6.85. The van der Waals surface area contributed by atoms with Crippen molar-refractivity contribution in [3.05, 3.63) is 83.9 Å². The van der Waals surface area contributed by atoms with Crippen LogP contribution in [-0.4, -0.2) is 31.4 Å². The largest absolute Gasteiger partial charge is 0.309 e. The molecule has 5 rings (SSSR count). The molecule has 2 aromatic carbocycles. The standard InChI is InChI=1S/C24H15FN6OS2/c25-17-8-6-15(7-9-17)19-12-33-23-21(19)24(28-14-27-23)34-13-20(32)30-22-16(10-26)11-29-31(22)18-4-2-1-3-5-18/h1-9,11-12,14H,13H2,(H,30,32). The first-order valence-electron chi connectivity index (χ1n) is 10.1. The van der Waals surface area contributed by atoms with E-state index in [1.807, 2.05) is 35.7 Å². The lowest BCUT2D eigenvalue weighted by Crippen LogP contribution is -2.17. The summed E-state index contributed by atoms with van der Waals surface area (Å²) in [5.74, 6) is -0.230. The number of hydrogen-bond acceptors (Lipinski definition) is 7. The van der Waals surface area contributed by atoms with Crippen LogP contribution in [0.25, 0.3) is 27.0 Å². The molecule has 166 valence electrons. The molecule has 10 heteroatoms. The molecule has 0 fully saturated rings. The van der Waals surface area contributed by atoms with Crippen molar-refractivity contribution >= 4 is 45.0 Å². The molecule has 3 heterocycles. The number of benzene rings is 2. The van der Waals surface area contributed by atoms with E-state index in [0.717, 1.165) is 27.0 Å². The number of carbonyl (C=O) groups is 1. The zero-order valence-electron chi connectivity index (χ0n) is 17.5. The van der Waals surface area contributed by atoms with Gasteiger partial charge in [0.1, 0.15) is 33.6 Å². The summed E-state index contributed by atoms with van der Waals surface area (Å²) in [5, 5.41) is 19.9. The Morgan fingerprint density at radius 3 is 2.71 bits per heavy atom. The lowest BCUT2D eigenvalue weighted by molar-refractivity contribution is -0.113. The molecule has 0 aliphatic rings. The number of hydrogen-bond donors (Lipinski definition) is 1. The van der Waals surface area contributed by atoms with Gasteiger partial charge in [0.2, 0.25) is 5.91 Å².